The van der Waals surface area contributed by atoms with Gasteiger partial charge < -0.3 is 4.57 Å². The van der Waals surface area contributed by atoms with Gasteiger partial charge in [-0.25, -0.2) is 4.79 Å². The van der Waals surface area contributed by atoms with Gasteiger partial charge in [-0.05, 0) is 56.2 Å². The van der Waals surface area contributed by atoms with Crippen molar-refractivity contribution in [1.29, 1.82) is 0 Å². The molecule has 0 atom stereocenters. The van der Waals surface area contributed by atoms with Crippen LogP contribution >= 0.6 is 0 Å². The number of benzene rings is 2. The molecule has 2 aromatic carbocycles. The number of hydrogen-bond acceptors (Lipinski definition) is 3. The van der Waals surface area contributed by atoms with Crippen LogP contribution in [0, 0.1) is 20.8 Å². The Labute approximate surface area is 180 Å². The predicted molar refractivity (Wildman–Crippen MR) is 118 cm³/mol. The van der Waals surface area contributed by atoms with Gasteiger partial charge in [0.05, 0.1) is 6.54 Å². The van der Waals surface area contributed by atoms with Crippen LogP contribution in [0.3, 0.4) is 0 Å². The summed E-state index contributed by atoms with van der Waals surface area (Å²) in [7, 11) is 0. The fourth-order valence-electron chi connectivity index (χ4n) is 3.78. The zero-order chi connectivity index (χ0) is 22.1. The van der Waals surface area contributed by atoms with E-state index in [2.05, 4.69) is 9.88 Å². The van der Waals surface area contributed by atoms with Crippen LogP contribution in [0.2, 0.25) is 0 Å². The van der Waals surface area contributed by atoms with Crippen LogP contribution in [0.1, 0.15) is 28.1 Å². The van der Waals surface area contributed by atoms with Crippen molar-refractivity contribution < 1.29 is 14.4 Å². The summed E-state index contributed by atoms with van der Waals surface area (Å²) in [6.07, 6.45) is 1.56. The van der Waals surface area contributed by atoms with Gasteiger partial charge in [0, 0.05) is 17.1 Å². The van der Waals surface area contributed by atoms with Gasteiger partial charge in [-0.2, -0.15) is 0 Å². The molecule has 0 radical (unpaired) electrons. The number of hydrogen-bond donors (Lipinski definition) is 1. The molecule has 31 heavy (non-hydrogen) atoms. The fourth-order valence-corrected chi connectivity index (χ4v) is 3.78. The van der Waals surface area contributed by atoms with E-state index in [4.69, 9.17) is 0 Å². The third-order valence-electron chi connectivity index (χ3n) is 5.43. The van der Waals surface area contributed by atoms with E-state index in [0.717, 1.165) is 33.1 Å². The molecule has 1 fully saturated rings. The number of aromatic nitrogens is 1. The second-order valence-corrected chi connectivity index (χ2v) is 7.69. The molecular formula is C25H23N3O3. The van der Waals surface area contributed by atoms with E-state index in [-0.39, 0.29) is 12.1 Å². The van der Waals surface area contributed by atoms with Gasteiger partial charge in [0.1, 0.15) is 5.57 Å². The van der Waals surface area contributed by atoms with Crippen LogP contribution in [0.25, 0.3) is 11.8 Å². The van der Waals surface area contributed by atoms with Gasteiger partial charge in [-0.15, -0.1) is 0 Å². The van der Waals surface area contributed by atoms with Gasteiger partial charge in [-0.1, -0.05) is 48.0 Å². The number of aryl methyl sites for hydroxylation is 2. The third-order valence-corrected chi connectivity index (χ3v) is 5.43. The zero-order valence-electron chi connectivity index (χ0n) is 17.7. The molecule has 2 heterocycles. The summed E-state index contributed by atoms with van der Waals surface area (Å²) >= 11 is 0. The topological polar surface area (TPSA) is 71.4 Å². The minimum atomic E-state index is -0.707. The highest BCUT2D eigenvalue weighted by Gasteiger charge is 2.35. The normalized spacial score (nSPS) is 15.5. The first-order valence-electron chi connectivity index (χ1n) is 10.0. The number of carbonyl (C=O) groups is 3. The molecule has 0 spiro atoms. The van der Waals surface area contributed by atoms with E-state index in [0.29, 0.717) is 0 Å². The Balaban J connectivity index is 1.69. The lowest BCUT2D eigenvalue weighted by atomic mass is 10.1. The number of nitrogens with one attached hydrogen (secondary N) is 1. The molecule has 6 nitrogen and oxygen atoms in total. The van der Waals surface area contributed by atoms with Gasteiger partial charge in [0.2, 0.25) is 0 Å². The maximum absolute atomic E-state index is 13.0. The van der Waals surface area contributed by atoms with Crippen molar-refractivity contribution in [2.75, 3.05) is 0 Å². The van der Waals surface area contributed by atoms with Gasteiger partial charge in [0.15, 0.2) is 0 Å². The number of amides is 4. The Morgan fingerprint density at radius 1 is 0.903 bits per heavy atom. The van der Waals surface area contributed by atoms with E-state index in [1.54, 1.807) is 6.08 Å². The van der Waals surface area contributed by atoms with Crippen molar-refractivity contribution in [3.8, 4) is 5.69 Å². The molecule has 0 saturated carbocycles. The minimum absolute atomic E-state index is 0.0558. The quantitative estimate of drug-likeness (QED) is 0.518. The molecule has 6 heteroatoms. The highest BCUT2D eigenvalue weighted by Crippen LogP contribution is 2.25. The maximum Gasteiger partial charge on any atom is 0.331 e. The lowest BCUT2D eigenvalue weighted by Crippen LogP contribution is -2.53. The number of barbiturate groups is 1. The zero-order valence-corrected chi connectivity index (χ0v) is 17.7. The second-order valence-electron chi connectivity index (χ2n) is 7.69. The molecule has 0 unspecified atom stereocenters. The van der Waals surface area contributed by atoms with E-state index >= 15 is 0 Å². The Hall–Kier alpha value is -3.93. The van der Waals surface area contributed by atoms with Crippen LogP contribution in [-0.4, -0.2) is 27.3 Å². The first-order chi connectivity index (χ1) is 14.8. The summed E-state index contributed by atoms with van der Waals surface area (Å²) in [5.41, 5.74) is 5.56. The average Bonchev–Trinajstić information content (AvgIpc) is 3.03. The summed E-state index contributed by atoms with van der Waals surface area (Å²) in [4.78, 5) is 38.9. The molecule has 3 aromatic rings. The summed E-state index contributed by atoms with van der Waals surface area (Å²) in [6.45, 7) is 6.05. The Bertz CT molecular complexity index is 1200. The first kappa shape index (κ1) is 20.3. The van der Waals surface area contributed by atoms with Gasteiger partial charge in [-0.3, -0.25) is 19.8 Å². The van der Waals surface area contributed by atoms with Crippen LogP contribution in [-0.2, 0) is 16.1 Å². The lowest BCUT2D eigenvalue weighted by molar-refractivity contribution is -0.130. The summed E-state index contributed by atoms with van der Waals surface area (Å²) < 4.78 is 2.07. The molecule has 4 rings (SSSR count). The Kier molecular flexibility index (Phi) is 5.29. The van der Waals surface area contributed by atoms with Crippen LogP contribution < -0.4 is 5.32 Å². The predicted octanol–water partition coefficient (Wildman–Crippen LogP) is 4.06. The Morgan fingerprint density at radius 2 is 1.58 bits per heavy atom. The standard InChI is InChI=1S/C25H23N3O3/c1-16-9-11-21(12-10-16)28-17(2)13-20(18(28)3)14-22-23(29)26-25(31)27(24(22)30)15-19-7-5-4-6-8-19/h4-14H,15H2,1-3H3,(H,26,29,31)/b22-14-. The number of rotatable bonds is 4. The molecule has 1 aromatic heterocycles. The van der Waals surface area contributed by atoms with Crippen LogP contribution in [0.4, 0.5) is 4.79 Å². The minimum Gasteiger partial charge on any atom is -0.318 e. The Morgan fingerprint density at radius 3 is 2.26 bits per heavy atom. The van der Waals surface area contributed by atoms with E-state index in [1.807, 2.05) is 81.4 Å². The van der Waals surface area contributed by atoms with Crippen LogP contribution in [0.15, 0.2) is 66.2 Å². The molecule has 1 aliphatic heterocycles. The van der Waals surface area contributed by atoms with Crippen molar-refractivity contribution in [3.05, 3.63) is 94.3 Å². The van der Waals surface area contributed by atoms with Crippen molar-refractivity contribution in [2.24, 2.45) is 0 Å². The molecule has 1 saturated heterocycles. The molecule has 156 valence electrons. The number of urea groups is 1. The second kappa shape index (κ2) is 8.07. The smallest absolute Gasteiger partial charge is 0.318 e. The van der Waals surface area contributed by atoms with Crippen molar-refractivity contribution in [1.82, 2.24) is 14.8 Å². The number of imide groups is 2. The van der Waals surface area contributed by atoms with E-state index in [1.165, 1.54) is 5.56 Å². The third kappa shape index (κ3) is 3.92. The van der Waals surface area contributed by atoms with Crippen molar-refractivity contribution in [2.45, 2.75) is 27.3 Å². The summed E-state index contributed by atoms with van der Waals surface area (Å²) in [6, 6.07) is 18.6. The highest BCUT2D eigenvalue weighted by molar-refractivity contribution is 6.31. The average molecular weight is 413 g/mol. The van der Waals surface area contributed by atoms with Crippen molar-refractivity contribution in [3.63, 3.8) is 0 Å². The summed E-state index contributed by atoms with van der Waals surface area (Å²) in [5.74, 6) is -1.28. The van der Waals surface area contributed by atoms with E-state index < -0.39 is 17.8 Å². The first-order valence-corrected chi connectivity index (χ1v) is 10.0. The monoisotopic (exact) mass is 413 g/mol. The molecule has 0 aliphatic carbocycles. The summed E-state index contributed by atoms with van der Waals surface area (Å²) in [5, 5.41) is 2.28. The van der Waals surface area contributed by atoms with Gasteiger partial charge in [0.25, 0.3) is 11.8 Å². The van der Waals surface area contributed by atoms with Gasteiger partial charge >= 0.3 is 6.03 Å². The maximum atomic E-state index is 13.0. The van der Waals surface area contributed by atoms with Crippen LogP contribution in [0.5, 0.6) is 0 Å². The number of carbonyl (C=O) groups excluding carboxylic acids is 3. The highest BCUT2D eigenvalue weighted by atomic mass is 16.2. The molecule has 1 aliphatic rings. The SMILES string of the molecule is Cc1ccc(-n2c(C)cc(/C=C3/C(=O)NC(=O)N(Cc4ccccc4)C3=O)c2C)cc1. The molecule has 1 N–H and O–H groups in total. The fraction of sp³-hybridized carbons (Fsp3) is 0.160. The molecule has 0 bridgehead atoms. The van der Waals surface area contributed by atoms with E-state index in [9.17, 15) is 14.4 Å². The lowest BCUT2D eigenvalue weighted by Gasteiger charge is -2.26. The molecular weight excluding hydrogens is 390 g/mol. The number of nitrogens with zero attached hydrogens (tertiary/aromatic N) is 2. The van der Waals surface area contributed by atoms with Crippen molar-refractivity contribution >= 4 is 23.9 Å². The molecule has 4 amide bonds. The largest absolute Gasteiger partial charge is 0.331 e.